The van der Waals surface area contributed by atoms with Crippen molar-refractivity contribution >= 4 is 21.6 Å². The van der Waals surface area contributed by atoms with Gasteiger partial charge in [0.05, 0.1) is 4.92 Å². The SMILES string of the molecule is O=[N+]([O-])c1cccc(CCCCCBr)c1. The van der Waals surface area contributed by atoms with Crippen molar-refractivity contribution in [3.05, 3.63) is 39.9 Å². The predicted octanol–water partition coefficient (Wildman–Crippen LogP) is 3.70. The molecule has 0 aliphatic rings. The molecule has 1 aromatic carbocycles. The number of halogens is 1. The molecule has 0 aliphatic carbocycles. The fraction of sp³-hybridized carbons (Fsp3) is 0.455. The number of aryl methyl sites for hydroxylation is 1. The molecule has 0 fully saturated rings. The van der Waals surface area contributed by atoms with Crippen LogP contribution < -0.4 is 0 Å². The number of nitro groups is 1. The monoisotopic (exact) mass is 271 g/mol. The first kappa shape index (κ1) is 12.2. The van der Waals surface area contributed by atoms with Crippen molar-refractivity contribution in [2.45, 2.75) is 25.7 Å². The summed E-state index contributed by atoms with van der Waals surface area (Å²) in [5.41, 5.74) is 1.24. The normalized spacial score (nSPS) is 10.2. The van der Waals surface area contributed by atoms with Gasteiger partial charge < -0.3 is 0 Å². The van der Waals surface area contributed by atoms with Gasteiger partial charge in [-0.25, -0.2) is 0 Å². The van der Waals surface area contributed by atoms with Gasteiger partial charge in [-0.2, -0.15) is 0 Å². The average Bonchev–Trinajstić information content (AvgIpc) is 2.25. The van der Waals surface area contributed by atoms with Gasteiger partial charge >= 0.3 is 0 Å². The number of alkyl halides is 1. The van der Waals surface area contributed by atoms with Crippen molar-refractivity contribution in [2.75, 3.05) is 5.33 Å². The molecule has 0 spiro atoms. The largest absolute Gasteiger partial charge is 0.269 e. The molecule has 1 rings (SSSR count). The minimum atomic E-state index is -0.345. The number of hydrogen-bond acceptors (Lipinski definition) is 2. The van der Waals surface area contributed by atoms with Crippen LogP contribution in [0.5, 0.6) is 0 Å². The third-order valence-electron chi connectivity index (χ3n) is 2.22. The van der Waals surface area contributed by atoms with Crippen LogP contribution in [0, 0.1) is 10.1 Å². The standard InChI is InChI=1S/C11H14BrNO2/c12-8-3-1-2-5-10-6-4-7-11(9-10)13(14)15/h4,6-7,9H,1-3,5,8H2. The van der Waals surface area contributed by atoms with E-state index < -0.39 is 0 Å². The fourth-order valence-corrected chi connectivity index (χ4v) is 1.82. The minimum Gasteiger partial charge on any atom is -0.258 e. The number of non-ortho nitro benzene ring substituents is 1. The van der Waals surface area contributed by atoms with Crippen LogP contribution in [0.25, 0.3) is 0 Å². The molecule has 0 aromatic heterocycles. The lowest BCUT2D eigenvalue weighted by Crippen LogP contribution is -1.91. The molecule has 82 valence electrons. The second-order valence-corrected chi connectivity index (χ2v) is 4.22. The highest BCUT2D eigenvalue weighted by atomic mass is 79.9. The molecular weight excluding hydrogens is 258 g/mol. The van der Waals surface area contributed by atoms with E-state index in [1.54, 1.807) is 12.1 Å². The zero-order chi connectivity index (χ0) is 11.1. The Morgan fingerprint density at radius 2 is 2.07 bits per heavy atom. The molecule has 0 radical (unpaired) electrons. The fourth-order valence-electron chi connectivity index (χ4n) is 1.43. The van der Waals surface area contributed by atoms with E-state index in [0.29, 0.717) is 0 Å². The first-order valence-corrected chi connectivity index (χ1v) is 6.15. The lowest BCUT2D eigenvalue weighted by molar-refractivity contribution is -0.384. The molecular formula is C11H14BrNO2. The summed E-state index contributed by atoms with van der Waals surface area (Å²) < 4.78 is 0. The molecule has 0 atom stereocenters. The van der Waals surface area contributed by atoms with Crippen LogP contribution >= 0.6 is 15.9 Å². The quantitative estimate of drug-likeness (QED) is 0.343. The maximum atomic E-state index is 10.5. The Labute approximate surface area is 97.8 Å². The summed E-state index contributed by atoms with van der Waals surface area (Å²) in [6.07, 6.45) is 4.34. The molecule has 0 saturated heterocycles. The molecule has 15 heavy (non-hydrogen) atoms. The van der Waals surface area contributed by atoms with Crippen LogP contribution in [-0.2, 0) is 6.42 Å². The summed E-state index contributed by atoms with van der Waals surface area (Å²) >= 11 is 3.38. The number of rotatable bonds is 6. The third-order valence-corrected chi connectivity index (χ3v) is 2.78. The summed E-state index contributed by atoms with van der Waals surface area (Å²) in [6.45, 7) is 0. The smallest absolute Gasteiger partial charge is 0.258 e. The van der Waals surface area contributed by atoms with Gasteiger partial charge in [-0.05, 0) is 24.8 Å². The second-order valence-electron chi connectivity index (χ2n) is 3.43. The van der Waals surface area contributed by atoms with E-state index in [9.17, 15) is 10.1 Å². The van der Waals surface area contributed by atoms with Crippen molar-refractivity contribution in [1.29, 1.82) is 0 Å². The van der Waals surface area contributed by atoms with Gasteiger partial charge in [0.2, 0.25) is 0 Å². The van der Waals surface area contributed by atoms with Crippen molar-refractivity contribution in [2.24, 2.45) is 0 Å². The number of nitrogens with zero attached hydrogens (tertiary/aromatic N) is 1. The van der Waals surface area contributed by atoms with E-state index in [1.807, 2.05) is 6.07 Å². The Morgan fingerprint density at radius 1 is 1.27 bits per heavy atom. The Hall–Kier alpha value is -0.900. The van der Waals surface area contributed by atoms with E-state index in [1.165, 1.54) is 6.07 Å². The van der Waals surface area contributed by atoms with E-state index in [-0.39, 0.29) is 10.6 Å². The Balaban J connectivity index is 2.47. The first-order valence-electron chi connectivity index (χ1n) is 5.03. The lowest BCUT2D eigenvalue weighted by atomic mass is 10.1. The summed E-state index contributed by atoms with van der Waals surface area (Å²) in [5.74, 6) is 0. The topological polar surface area (TPSA) is 43.1 Å². The zero-order valence-corrected chi connectivity index (χ0v) is 10.1. The third kappa shape index (κ3) is 4.42. The maximum absolute atomic E-state index is 10.5. The molecule has 0 unspecified atom stereocenters. The van der Waals surface area contributed by atoms with E-state index in [0.717, 1.165) is 36.6 Å². The van der Waals surface area contributed by atoms with Crippen LogP contribution in [0.1, 0.15) is 24.8 Å². The van der Waals surface area contributed by atoms with E-state index in [2.05, 4.69) is 15.9 Å². The van der Waals surface area contributed by atoms with Crippen LogP contribution in [0.3, 0.4) is 0 Å². The molecule has 0 aliphatic heterocycles. The summed E-state index contributed by atoms with van der Waals surface area (Å²) in [6, 6.07) is 6.88. The number of nitro benzene ring substituents is 1. The second kappa shape index (κ2) is 6.56. The molecule has 1 aromatic rings. The summed E-state index contributed by atoms with van der Waals surface area (Å²) in [4.78, 5) is 10.2. The van der Waals surface area contributed by atoms with Crippen LogP contribution in [0.15, 0.2) is 24.3 Å². The number of hydrogen-bond donors (Lipinski definition) is 0. The van der Waals surface area contributed by atoms with Crippen molar-refractivity contribution < 1.29 is 4.92 Å². The molecule has 0 saturated carbocycles. The summed E-state index contributed by atoms with van der Waals surface area (Å²) in [7, 11) is 0. The van der Waals surface area contributed by atoms with Gasteiger partial charge in [0.1, 0.15) is 0 Å². The van der Waals surface area contributed by atoms with Crippen molar-refractivity contribution in [1.82, 2.24) is 0 Å². The van der Waals surface area contributed by atoms with Crippen molar-refractivity contribution in [3.63, 3.8) is 0 Å². The first-order chi connectivity index (χ1) is 7.24. The maximum Gasteiger partial charge on any atom is 0.269 e. The average molecular weight is 272 g/mol. The Bertz CT molecular complexity index is 328. The number of benzene rings is 1. The Kier molecular flexibility index (Phi) is 5.32. The molecule has 0 amide bonds. The predicted molar refractivity (Wildman–Crippen MR) is 64.4 cm³/mol. The molecule has 0 bridgehead atoms. The highest BCUT2D eigenvalue weighted by Gasteiger charge is 2.04. The van der Waals surface area contributed by atoms with Gasteiger partial charge in [-0.1, -0.05) is 34.5 Å². The van der Waals surface area contributed by atoms with Gasteiger partial charge in [0.25, 0.3) is 5.69 Å². The van der Waals surface area contributed by atoms with Crippen LogP contribution in [0.2, 0.25) is 0 Å². The van der Waals surface area contributed by atoms with Crippen molar-refractivity contribution in [3.8, 4) is 0 Å². The van der Waals surface area contributed by atoms with Crippen LogP contribution in [0.4, 0.5) is 5.69 Å². The minimum absolute atomic E-state index is 0.188. The summed E-state index contributed by atoms with van der Waals surface area (Å²) in [5, 5.41) is 11.6. The molecule has 3 nitrogen and oxygen atoms in total. The zero-order valence-electron chi connectivity index (χ0n) is 8.49. The highest BCUT2D eigenvalue weighted by Crippen LogP contribution is 2.15. The van der Waals surface area contributed by atoms with E-state index in [4.69, 9.17) is 0 Å². The van der Waals surface area contributed by atoms with E-state index >= 15 is 0 Å². The molecule has 4 heteroatoms. The van der Waals surface area contributed by atoms with Gasteiger partial charge in [-0.3, -0.25) is 10.1 Å². The number of unbranched alkanes of at least 4 members (excludes halogenated alkanes) is 2. The van der Waals surface area contributed by atoms with Gasteiger partial charge in [-0.15, -0.1) is 0 Å². The molecule has 0 N–H and O–H groups in total. The van der Waals surface area contributed by atoms with Gasteiger partial charge in [0, 0.05) is 17.5 Å². The Morgan fingerprint density at radius 3 is 2.73 bits per heavy atom. The van der Waals surface area contributed by atoms with Gasteiger partial charge in [0.15, 0.2) is 0 Å². The highest BCUT2D eigenvalue weighted by molar-refractivity contribution is 9.09. The molecule has 0 heterocycles. The van der Waals surface area contributed by atoms with Crippen LogP contribution in [-0.4, -0.2) is 10.3 Å². The lowest BCUT2D eigenvalue weighted by Gasteiger charge is -2.00.